The van der Waals surface area contributed by atoms with Gasteiger partial charge in [-0.2, -0.15) is 0 Å². The summed E-state index contributed by atoms with van der Waals surface area (Å²) in [5, 5.41) is 25.5. The molecule has 0 aliphatic carbocycles. The van der Waals surface area contributed by atoms with Crippen molar-refractivity contribution >= 4 is 23.7 Å². The quantitative estimate of drug-likeness (QED) is 0.0470. The van der Waals surface area contributed by atoms with Crippen LogP contribution in [0, 0.1) is 0 Å². The fraction of sp³-hybridized carbons (Fsp3) is 0.224. The standard InChI is InChI=1S/C49H53N7O5/c1-34(51-32-45(57)43-20-23-46(50)52-31-43)24-40-8-5-9-41(25-40)26-47(58)53-27-37-14-18-42(19-15-37)48(59)54-28-35-10-12-36(13-11-35)29-55-49(60)56-30-38-16-21-44(22-17-38)61-33-39-6-3-2-4-7-39/h2-23,25,31,34,45,51,57H,24,26-30,32-33H2,1H3,(H2,50,52)(H,53,58)(H,54,59)(H2,55,56,60)/t34-,45-/m1/s1. The Bertz CT molecular complexity index is 2300. The van der Waals surface area contributed by atoms with Crippen LogP contribution in [0.2, 0.25) is 0 Å². The van der Waals surface area contributed by atoms with Crippen molar-refractivity contribution in [1.29, 1.82) is 0 Å². The lowest BCUT2D eigenvalue weighted by atomic mass is 10.0. The largest absolute Gasteiger partial charge is 0.489 e. The van der Waals surface area contributed by atoms with Crippen LogP contribution in [0.25, 0.3) is 0 Å². The van der Waals surface area contributed by atoms with Gasteiger partial charge < -0.3 is 42.2 Å². The molecule has 0 aliphatic heterocycles. The molecule has 0 aliphatic rings. The first-order valence-corrected chi connectivity index (χ1v) is 20.3. The number of carbonyl (C=O) groups is 3. The maximum absolute atomic E-state index is 12.9. The molecule has 61 heavy (non-hydrogen) atoms. The summed E-state index contributed by atoms with van der Waals surface area (Å²) in [5.41, 5.74) is 13.7. The van der Waals surface area contributed by atoms with Crippen molar-refractivity contribution in [3.05, 3.63) is 196 Å². The number of nitrogens with one attached hydrogen (secondary N) is 5. The van der Waals surface area contributed by atoms with Gasteiger partial charge in [0.1, 0.15) is 18.2 Å². The fourth-order valence-electron chi connectivity index (χ4n) is 6.49. The maximum Gasteiger partial charge on any atom is 0.315 e. The van der Waals surface area contributed by atoms with Gasteiger partial charge >= 0.3 is 6.03 Å². The molecule has 1 aromatic heterocycles. The molecule has 0 spiro atoms. The molecule has 5 aromatic carbocycles. The molecule has 314 valence electrons. The number of benzene rings is 5. The molecule has 0 fully saturated rings. The van der Waals surface area contributed by atoms with Gasteiger partial charge in [-0.05, 0) is 82.6 Å². The second kappa shape index (κ2) is 22.4. The number of aromatic nitrogens is 1. The Labute approximate surface area is 357 Å². The van der Waals surface area contributed by atoms with Crippen LogP contribution >= 0.6 is 0 Å². The molecule has 12 nitrogen and oxygen atoms in total. The summed E-state index contributed by atoms with van der Waals surface area (Å²) in [6, 6.07) is 43.7. The molecular weight excluding hydrogens is 767 g/mol. The number of nitrogens with two attached hydrogens (primary N) is 1. The van der Waals surface area contributed by atoms with Gasteiger partial charge in [0.15, 0.2) is 0 Å². The topological polar surface area (TPSA) is 180 Å². The first-order chi connectivity index (χ1) is 29.6. The van der Waals surface area contributed by atoms with Crippen molar-refractivity contribution in [1.82, 2.24) is 31.6 Å². The predicted octanol–water partition coefficient (Wildman–Crippen LogP) is 6.29. The second-order valence-electron chi connectivity index (χ2n) is 15.0. The van der Waals surface area contributed by atoms with Gasteiger partial charge in [0.25, 0.3) is 5.91 Å². The number of hydrogen-bond acceptors (Lipinski definition) is 8. The summed E-state index contributed by atoms with van der Waals surface area (Å²) in [6.45, 7) is 4.37. The van der Waals surface area contributed by atoms with Gasteiger partial charge in [-0.1, -0.05) is 109 Å². The van der Waals surface area contributed by atoms with Crippen LogP contribution in [0.3, 0.4) is 0 Å². The summed E-state index contributed by atoms with van der Waals surface area (Å²) >= 11 is 0. The minimum absolute atomic E-state index is 0.0984. The highest BCUT2D eigenvalue weighted by Gasteiger charge is 2.12. The summed E-state index contributed by atoms with van der Waals surface area (Å²) in [6.07, 6.45) is 1.87. The van der Waals surface area contributed by atoms with E-state index in [9.17, 15) is 19.5 Å². The summed E-state index contributed by atoms with van der Waals surface area (Å²) in [7, 11) is 0. The second-order valence-corrected chi connectivity index (χ2v) is 15.0. The molecule has 1 heterocycles. The number of pyridine rings is 1. The van der Waals surface area contributed by atoms with Gasteiger partial charge in [0.2, 0.25) is 5.91 Å². The molecule has 0 saturated carbocycles. The molecule has 0 bridgehead atoms. The minimum Gasteiger partial charge on any atom is -0.489 e. The summed E-state index contributed by atoms with van der Waals surface area (Å²) in [4.78, 5) is 42.2. The lowest BCUT2D eigenvalue weighted by molar-refractivity contribution is -0.120. The average Bonchev–Trinajstić information content (AvgIpc) is 3.28. The zero-order chi connectivity index (χ0) is 42.8. The lowest BCUT2D eigenvalue weighted by Crippen LogP contribution is -2.34. The molecule has 4 amide bonds. The van der Waals surface area contributed by atoms with Crippen molar-refractivity contribution in [2.45, 2.75) is 64.7 Å². The number of ether oxygens (including phenoxy) is 1. The molecule has 0 radical (unpaired) electrons. The Kier molecular flexibility index (Phi) is 16.0. The third kappa shape index (κ3) is 14.6. The molecule has 8 N–H and O–H groups in total. The van der Waals surface area contributed by atoms with E-state index in [0.717, 1.165) is 51.1 Å². The molecule has 0 unspecified atom stereocenters. The molecule has 6 aromatic rings. The third-order valence-corrected chi connectivity index (χ3v) is 10.0. The number of carbonyl (C=O) groups excluding carboxylic acids is 3. The van der Waals surface area contributed by atoms with Crippen molar-refractivity contribution in [2.24, 2.45) is 0 Å². The normalized spacial score (nSPS) is 11.8. The van der Waals surface area contributed by atoms with Gasteiger partial charge in [-0.25, -0.2) is 9.78 Å². The number of rotatable bonds is 20. The van der Waals surface area contributed by atoms with Gasteiger partial charge in [0, 0.05) is 56.1 Å². The fourth-order valence-corrected chi connectivity index (χ4v) is 6.49. The monoisotopic (exact) mass is 819 g/mol. The SMILES string of the molecule is C[C@H](Cc1cccc(CC(=O)NCc2ccc(C(=O)NCc3ccc(CNC(=O)NCc4ccc(OCc5ccccc5)cc4)cc3)cc2)c1)NC[C@@H](O)c1ccc(N)nc1. The van der Waals surface area contributed by atoms with Crippen LogP contribution in [-0.2, 0) is 50.4 Å². The Morgan fingerprint density at radius 3 is 1.85 bits per heavy atom. The van der Waals surface area contributed by atoms with Crippen LogP contribution in [0.4, 0.5) is 10.6 Å². The van der Waals surface area contributed by atoms with Crippen molar-refractivity contribution in [3.63, 3.8) is 0 Å². The minimum atomic E-state index is -0.693. The smallest absolute Gasteiger partial charge is 0.315 e. The van der Waals surface area contributed by atoms with E-state index in [1.807, 2.05) is 115 Å². The molecule has 12 heteroatoms. The van der Waals surface area contributed by atoms with Crippen LogP contribution in [0.5, 0.6) is 5.75 Å². The zero-order valence-corrected chi connectivity index (χ0v) is 34.3. The zero-order valence-electron chi connectivity index (χ0n) is 34.3. The Balaban J connectivity index is 0.843. The number of urea groups is 1. The Morgan fingerprint density at radius 1 is 0.639 bits per heavy atom. The van der Waals surface area contributed by atoms with Crippen molar-refractivity contribution < 1.29 is 24.2 Å². The van der Waals surface area contributed by atoms with Crippen LogP contribution in [0.1, 0.15) is 67.9 Å². The number of anilines is 1. The van der Waals surface area contributed by atoms with Crippen LogP contribution in [0.15, 0.2) is 146 Å². The maximum atomic E-state index is 12.9. The van der Waals surface area contributed by atoms with Gasteiger partial charge in [-0.3, -0.25) is 9.59 Å². The number of aliphatic hydroxyl groups excluding tert-OH is 1. The van der Waals surface area contributed by atoms with E-state index >= 15 is 0 Å². The average molecular weight is 820 g/mol. The van der Waals surface area contributed by atoms with E-state index in [2.05, 4.69) is 38.5 Å². The Hall–Kier alpha value is -7.02. The first-order valence-electron chi connectivity index (χ1n) is 20.3. The molecule has 6 rings (SSSR count). The Morgan fingerprint density at radius 2 is 1.21 bits per heavy atom. The van der Waals surface area contributed by atoms with E-state index in [1.165, 1.54) is 0 Å². The van der Waals surface area contributed by atoms with Crippen molar-refractivity contribution in [3.8, 4) is 5.75 Å². The van der Waals surface area contributed by atoms with Gasteiger partial charge in [0.05, 0.1) is 12.5 Å². The highest BCUT2D eigenvalue weighted by Crippen LogP contribution is 2.16. The number of hydrogen-bond donors (Lipinski definition) is 7. The van der Waals surface area contributed by atoms with Crippen molar-refractivity contribution in [2.75, 3.05) is 12.3 Å². The number of amides is 4. The highest BCUT2D eigenvalue weighted by molar-refractivity contribution is 5.94. The lowest BCUT2D eigenvalue weighted by Gasteiger charge is -2.18. The van der Waals surface area contributed by atoms with Crippen LogP contribution in [-0.4, -0.2) is 40.5 Å². The number of aliphatic hydroxyl groups is 1. The summed E-state index contributed by atoms with van der Waals surface area (Å²) in [5.74, 6) is 0.880. The van der Waals surface area contributed by atoms with E-state index in [4.69, 9.17) is 10.5 Å². The molecular formula is C49H53N7O5. The molecule has 2 atom stereocenters. The third-order valence-electron chi connectivity index (χ3n) is 10.0. The summed E-state index contributed by atoms with van der Waals surface area (Å²) < 4.78 is 5.83. The highest BCUT2D eigenvalue weighted by atomic mass is 16.5. The van der Waals surface area contributed by atoms with E-state index < -0.39 is 6.10 Å². The predicted molar refractivity (Wildman–Crippen MR) is 237 cm³/mol. The van der Waals surface area contributed by atoms with Gasteiger partial charge in [-0.15, -0.1) is 0 Å². The van der Waals surface area contributed by atoms with E-state index in [-0.39, 0.29) is 30.3 Å². The first kappa shape index (κ1) is 43.6. The number of nitrogen functional groups attached to an aromatic ring is 1. The molecule has 0 saturated heterocycles. The number of nitrogens with zero attached hydrogens (tertiary/aromatic N) is 1. The van der Waals surface area contributed by atoms with E-state index in [1.54, 1.807) is 30.5 Å². The van der Waals surface area contributed by atoms with E-state index in [0.29, 0.717) is 56.3 Å². The van der Waals surface area contributed by atoms with Crippen LogP contribution < -0.4 is 37.1 Å².